The average Bonchev–Trinajstić information content (AvgIpc) is 2.40. The fourth-order valence-electron chi connectivity index (χ4n) is 1.85. The summed E-state index contributed by atoms with van der Waals surface area (Å²) in [6.07, 6.45) is 0. The Morgan fingerprint density at radius 1 is 1.21 bits per heavy atom. The van der Waals surface area contributed by atoms with E-state index in [0.717, 1.165) is 24.3 Å². The van der Waals surface area contributed by atoms with Crippen molar-refractivity contribution in [3.63, 3.8) is 0 Å². The van der Waals surface area contributed by atoms with E-state index in [1.54, 1.807) is 0 Å². The van der Waals surface area contributed by atoms with Crippen molar-refractivity contribution in [3.05, 3.63) is 29.8 Å². The summed E-state index contributed by atoms with van der Waals surface area (Å²) in [7, 11) is 1.90. The number of rotatable bonds is 6. The van der Waals surface area contributed by atoms with Crippen LogP contribution in [0.3, 0.4) is 0 Å². The van der Waals surface area contributed by atoms with Crippen molar-refractivity contribution in [2.24, 2.45) is 5.73 Å². The summed E-state index contributed by atoms with van der Waals surface area (Å²) in [6.45, 7) is 5.82. The van der Waals surface area contributed by atoms with Crippen molar-refractivity contribution in [2.75, 3.05) is 31.6 Å². The third-order valence-electron chi connectivity index (χ3n) is 3.08. The monoisotopic (exact) mass is 279 g/mol. The third kappa shape index (κ3) is 4.21. The van der Waals surface area contributed by atoms with Gasteiger partial charge in [-0.3, -0.25) is 4.79 Å². The summed E-state index contributed by atoms with van der Waals surface area (Å²) in [6, 6.07) is 7.58. The maximum Gasteiger partial charge on any atom is 0.242 e. The van der Waals surface area contributed by atoms with Gasteiger partial charge in [0.05, 0.1) is 6.54 Å². The van der Waals surface area contributed by atoms with Crippen molar-refractivity contribution in [2.45, 2.75) is 13.8 Å². The van der Waals surface area contributed by atoms with Crippen molar-refractivity contribution >= 4 is 28.8 Å². The smallest absolute Gasteiger partial charge is 0.242 e. The molecule has 0 bridgehead atoms. The van der Waals surface area contributed by atoms with Crippen LogP contribution in [0.1, 0.15) is 19.4 Å². The van der Waals surface area contributed by atoms with Gasteiger partial charge in [0.2, 0.25) is 5.91 Å². The first kappa shape index (κ1) is 15.4. The number of carbonyl (C=O) groups excluding carboxylic acids is 1. The van der Waals surface area contributed by atoms with E-state index in [0.29, 0.717) is 11.5 Å². The van der Waals surface area contributed by atoms with Crippen LogP contribution in [-0.2, 0) is 4.79 Å². The minimum absolute atomic E-state index is 0.130. The maximum absolute atomic E-state index is 12.0. The van der Waals surface area contributed by atoms with Crippen LogP contribution in [0.4, 0.5) is 5.69 Å². The SMILES string of the molecule is CCN(CC)C(=O)CN(C)c1ccc(C(N)=S)cc1. The standard InChI is InChI=1S/C14H21N3OS/c1-4-17(5-2)13(18)10-16(3)12-8-6-11(7-9-12)14(15)19/h6-9H,4-5,10H2,1-3H3,(H2,15,19). The summed E-state index contributed by atoms with van der Waals surface area (Å²) in [5, 5.41) is 0. The summed E-state index contributed by atoms with van der Waals surface area (Å²) in [4.78, 5) is 16.1. The van der Waals surface area contributed by atoms with Gasteiger partial charge in [-0.1, -0.05) is 12.2 Å². The first-order valence-electron chi connectivity index (χ1n) is 6.38. The van der Waals surface area contributed by atoms with Crippen LogP contribution < -0.4 is 10.6 Å². The van der Waals surface area contributed by atoms with Crippen LogP contribution >= 0.6 is 12.2 Å². The molecule has 5 heteroatoms. The van der Waals surface area contributed by atoms with E-state index in [-0.39, 0.29) is 5.91 Å². The predicted molar refractivity (Wildman–Crippen MR) is 83.5 cm³/mol. The molecule has 1 amide bonds. The molecular formula is C14H21N3OS. The molecule has 0 aliphatic carbocycles. The minimum Gasteiger partial charge on any atom is -0.389 e. The molecule has 0 heterocycles. The highest BCUT2D eigenvalue weighted by atomic mass is 32.1. The molecule has 1 aromatic rings. The molecular weight excluding hydrogens is 258 g/mol. The van der Waals surface area contributed by atoms with E-state index in [9.17, 15) is 4.79 Å². The third-order valence-corrected chi connectivity index (χ3v) is 3.32. The molecule has 0 unspecified atom stereocenters. The molecule has 0 saturated carbocycles. The van der Waals surface area contributed by atoms with Gasteiger partial charge in [-0.15, -0.1) is 0 Å². The van der Waals surface area contributed by atoms with E-state index < -0.39 is 0 Å². The molecule has 2 N–H and O–H groups in total. The zero-order chi connectivity index (χ0) is 14.4. The highest BCUT2D eigenvalue weighted by Crippen LogP contribution is 2.14. The highest BCUT2D eigenvalue weighted by Gasteiger charge is 2.12. The van der Waals surface area contributed by atoms with E-state index in [2.05, 4.69) is 0 Å². The zero-order valence-electron chi connectivity index (χ0n) is 11.7. The van der Waals surface area contributed by atoms with Gasteiger partial charge in [0.1, 0.15) is 4.99 Å². The lowest BCUT2D eigenvalue weighted by Gasteiger charge is -2.24. The molecule has 0 radical (unpaired) electrons. The number of amides is 1. The van der Waals surface area contributed by atoms with Gasteiger partial charge >= 0.3 is 0 Å². The van der Waals surface area contributed by atoms with Crippen LogP contribution in [-0.4, -0.2) is 42.5 Å². The Hall–Kier alpha value is -1.62. The summed E-state index contributed by atoms with van der Waals surface area (Å²) >= 11 is 4.91. The Bertz CT molecular complexity index is 441. The number of likely N-dealkylation sites (N-methyl/N-ethyl adjacent to an activating group) is 2. The van der Waals surface area contributed by atoms with Crippen LogP contribution in [0.5, 0.6) is 0 Å². The van der Waals surface area contributed by atoms with Crippen molar-refractivity contribution in [1.29, 1.82) is 0 Å². The van der Waals surface area contributed by atoms with E-state index in [1.807, 2.05) is 55.0 Å². The van der Waals surface area contributed by atoms with E-state index in [1.165, 1.54) is 0 Å². The number of benzene rings is 1. The van der Waals surface area contributed by atoms with Crippen molar-refractivity contribution in [3.8, 4) is 0 Å². The molecule has 104 valence electrons. The van der Waals surface area contributed by atoms with Gasteiger partial charge in [-0.2, -0.15) is 0 Å². The molecule has 0 atom stereocenters. The van der Waals surface area contributed by atoms with Crippen molar-refractivity contribution in [1.82, 2.24) is 4.90 Å². The second kappa shape index (κ2) is 7.09. The quantitative estimate of drug-likeness (QED) is 0.804. The predicted octanol–water partition coefficient (Wildman–Crippen LogP) is 1.63. The van der Waals surface area contributed by atoms with Crippen LogP contribution in [0, 0.1) is 0 Å². The topological polar surface area (TPSA) is 49.6 Å². The molecule has 1 aromatic carbocycles. The van der Waals surface area contributed by atoms with Gasteiger partial charge < -0.3 is 15.5 Å². The summed E-state index contributed by atoms with van der Waals surface area (Å²) < 4.78 is 0. The van der Waals surface area contributed by atoms with Crippen LogP contribution in [0.25, 0.3) is 0 Å². The fraction of sp³-hybridized carbons (Fsp3) is 0.429. The second-order valence-corrected chi connectivity index (χ2v) is 4.77. The van der Waals surface area contributed by atoms with E-state index >= 15 is 0 Å². The Kier molecular flexibility index (Phi) is 5.76. The fourth-order valence-corrected chi connectivity index (χ4v) is 1.99. The highest BCUT2D eigenvalue weighted by molar-refractivity contribution is 7.80. The molecule has 0 saturated heterocycles. The minimum atomic E-state index is 0.130. The normalized spacial score (nSPS) is 10.1. The Morgan fingerprint density at radius 2 is 1.74 bits per heavy atom. The molecule has 4 nitrogen and oxygen atoms in total. The lowest BCUT2D eigenvalue weighted by atomic mass is 10.2. The first-order valence-corrected chi connectivity index (χ1v) is 6.79. The van der Waals surface area contributed by atoms with Crippen LogP contribution in [0.2, 0.25) is 0 Å². The Balaban J connectivity index is 2.70. The number of hydrogen-bond acceptors (Lipinski definition) is 3. The first-order chi connectivity index (χ1) is 8.99. The zero-order valence-corrected chi connectivity index (χ0v) is 12.5. The largest absolute Gasteiger partial charge is 0.389 e. The number of thiocarbonyl (C=S) groups is 1. The van der Waals surface area contributed by atoms with Crippen LogP contribution in [0.15, 0.2) is 24.3 Å². The number of carbonyl (C=O) groups is 1. The lowest BCUT2D eigenvalue weighted by Crippen LogP contribution is -2.38. The number of anilines is 1. The molecule has 0 aliphatic heterocycles. The Labute approximate surface area is 120 Å². The van der Waals surface area contributed by atoms with Gasteiger partial charge in [0, 0.05) is 31.4 Å². The molecule has 0 aliphatic rings. The number of nitrogens with zero attached hydrogens (tertiary/aromatic N) is 2. The molecule has 19 heavy (non-hydrogen) atoms. The van der Waals surface area contributed by atoms with Gasteiger partial charge in [0.25, 0.3) is 0 Å². The van der Waals surface area contributed by atoms with Gasteiger partial charge in [-0.25, -0.2) is 0 Å². The number of nitrogens with two attached hydrogens (primary N) is 1. The van der Waals surface area contributed by atoms with E-state index in [4.69, 9.17) is 18.0 Å². The molecule has 0 fully saturated rings. The van der Waals surface area contributed by atoms with Gasteiger partial charge in [0.15, 0.2) is 0 Å². The second-order valence-electron chi connectivity index (χ2n) is 4.33. The summed E-state index contributed by atoms with van der Waals surface area (Å²) in [5.74, 6) is 0.130. The number of hydrogen-bond donors (Lipinski definition) is 1. The average molecular weight is 279 g/mol. The summed E-state index contributed by atoms with van der Waals surface area (Å²) in [5.41, 5.74) is 7.36. The van der Waals surface area contributed by atoms with Crippen molar-refractivity contribution < 1.29 is 4.79 Å². The van der Waals surface area contributed by atoms with Gasteiger partial charge in [-0.05, 0) is 38.1 Å². The molecule has 0 spiro atoms. The molecule has 0 aromatic heterocycles. The lowest BCUT2D eigenvalue weighted by molar-refractivity contribution is -0.129. The molecule has 1 rings (SSSR count). The Morgan fingerprint density at radius 3 is 2.16 bits per heavy atom. The maximum atomic E-state index is 12.0.